The molecule has 0 radical (unpaired) electrons. The van der Waals surface area contributed by atoms with Gasteiger partial charge in [0.05, 0.1) is 13.7 Å². The van der Waals surface area contributed by atoms with Crippen molar-refractivity contribution in [3.63, 3.8) is 0 Å². The van der Waals surface area contributed by atoms with Crippen LogP contribution in [0.4, 0.5) is 4.39 Å². The van der Waals surface area contributed by atoms with Gasteiger partial charge >= 0.3 is 0 Å². The number of ether oxygens (including phenoxy) is 1. The molecule has 2 aromatic rings. The number of nitrogens with one attached hydrogen (secondary N) is 1. The van der Waals surface area contributed by atoms with Gasteiger partial charge in [-0.3, -0.25) is 14.5 Å². The molecule has 6 nitrogen and oxygen atoms in total. The lowest BCUT2D eigenvalue weighted by molar-refractivity contribution is -0.122. The quantitative estimate of drug-likeness (QED) is 0.825. The molecule has 0 saturated carbocycles. The van der Waals surface area contributed by atoms with Crippen molar-refractivity contribution in [3.8, 4) is 5.75 Å². The molecule has 1 aliphatic heterocycles. The molecule has 0 aliphatic carbocycles. The van der Waals surface area contributed by atoms with E-state index >= 15 is 0 Å². The Bertz CT molecular complexity index is 818. The topological polar surface area (TPSA) is 61.9 Å². The molecule has 0 atom stereocenters. The maximum Gasteiger partial charge on any atom is 0.253 e. The van der Waals surface area contributed by atoms with Crippen LogP contribution in [0, 0.1) is 5.82 Å². The lowest BCUT2D eigenvalue weighted by Crippen LogP contribution is -2.51. The fourth-order valence-electron chi connectivity index (χ4n) is 3.19. The van der Waals surface area contributed by atoms with E-state index in [2.05, 4.69) is 5.32 Å². The van der Waals surface area contributed by atoms with Crippen LogP contribution < -0.4 is 10.1 Å². The number of benzene rings is 2. The number of halogens is 1. The number of hydrogen-bond acceptors (Lipinski definition) is 4. The Hall–Kier alpha value is -2.93. The summed E-state index contributed by atoms with van der Waals surface area (Å²) < 4.78 is 18.3. The molecule has 0 unspecified atom stereocenters. The molecule has 0 aromatic heterocycles. The van der Waals surface area contributed by atoms with Crippen LogP contribution in [0.25, 0.3) is 0 Å². The van der Waals surface area contributed by atoms with E-state index in [1.165, 1.54) is 24.3 Å². The summed E-state index contributed by atoms with van der Waals surface area (Å²) in [4.78, 5) is 28.4. The second-order valence-corrected chi connectivity index (χ2v) is 6.66. The highest BCUT2D eigenvalue weighted by atomic mass is 19.1. The Labute approximate surface area is 163 Å². The van der Waals surface area contributed by atoms with Gasteiger partial charge < -0.3 is 15.0 Å². The highest BCUT2D eigenvalue weighted by molar-refractivity contribution is 5.94. The van der Waals surface area contributed by atoms with E-state index in [1.54, 1.807) is 12.0 Å². The predicted molar refractivity (Wildman–Crippen MR) is 104 cm³/mol. The van der Waals surface area contributed by atoms with E-state index in [0.29, 0.717) is 38.3 Å². The molecule has 0 spiro atoms. The summed E-state index contributed by atoms with van der Waals surface area (Å²) >= 11 is 0. The minimum atomic E-state index is -0.361. The van der Waals surface area contributed by atoms with E-state index in [0.717, 1.165) is 11.3 Å². The van der Waals surface area contributed by atoms with Crippen LogP contribution in [0.5, 0.6) is 5.75 Å². The van der Waals surface area contributed by atoms with Gasteiger partial charge in [-0.1, -0.05) is 18.2 Å². The van der Waals surface area contributed by atoms with Gasteiger partial charge in [0.2, 0.25) is 5.91 Å². The SMILES string of the molecule is COc1ccccc1CNC(=O)CN1CCN(C(=O)c2ccc(F)cc2)CC1. The maximum atomic E-state index is 13.0. The molecule has 1 aliphatic rings. The lowest BCUT2D eigenvalue weighted by Gasteiger charge is -2.34. The molecule has 7 heteroatoms. The molecule has 28 heavy (non-hydrogen) atoms. The van der Waals surface area contributed by atoms with Gasteiger partial charge in [0.15, 0.2) is 0 Å². The van der Waals surface area contributed by atoms with Gasteiger partial charge in [-0.25, -0.2) is 4.39 Å². The molecule has 0 bridgehead atoms. The molecule has 2 aromatic carbocycles. The van der Waals surface area contributed by atoms with E-state index in [1.807, 2.05) is 29.2 Å². The number of carbonyl (C=O) groups is 2. The van der Waals surface area contributed by atoms with Crippen molar-refractivity contribution >= 4 is 11.8 Å². The van der Waals surface area contributed by atoms with E-state index in [4.69, 9.17) is 4.74 Å². The second kappa shape index (κ2) is 9.32. The first kappa shape index (κ1) is 19.8. The van der Waals surface area contributed by atoms with Gasteiger partial charge in [0.25, 0.3) is 5.91 Å². The van der Waals surface area contributed by atoms with Crippen LogP contribution >= 0.6 is 0 Å². The number of para-hydroxylation sites is 1. The third-order valence-electron chi connectivity index (χ3n) is 4.79. The van der Waals surface area contributed by atoms with Crippen molar-refractivity contribution in [1.82, 2.24) is 15.1 Å². The van der Waals surface area contributed by atoms with E-state index in [9.17, 15) is 14.0 Å². The summed E-state index contributed by atoms with van der Waals surface area (Å²) in [6.07, 6.45) is 0. The molecule has 148 valence electrons. The fourth-order valence-corrected chi connectivity index (χ4v) is 3.19. The predicted octanol–water partition coefficient (Wildman–Crippen LogP) is 1.91. The smallest absolute Gasteiger partial charge is 0.253 e. The number of hydrogen-bond donors (Lipinski definition) is 1. The zero-order valence-electron chi connectivity index (χ0n) is 15.9. The Morgan fingerprint density at radius 3 is 2.39 bits per heavy atom. The fraction of sp³-hybridized carbons (Fsp3) is 0.333. The maximum absolute atomic E-state index is 13.0. The minimum absolute atomic E-state index is 0.0655. The standard InChI is InChI=1S/C21H24FN3O3/c1-28-19-5-3-2-4-17(19)14-23-20(26)15-24-10-12-25(13-11-24)21(27)16-6-8-18(22)9-7-16/h2-9H,10-15H2,1H3,(H,23,26). The zero-order chi connectivity index (χ0) is 19.9. The minimum Gasteiger partial charge on any atom is -0.496 e. The van der Waals surface area contributed by atoms with Crippen molar-refractivity contribution < 1.29 is 18.7 Å². The van der Waals surface area contributed by atoms with Crippen molar-refractivity contribution in [2.24, 2.45) is 0 Å². The van der Waals surface area contributed by atoms with Crippen LogP contribution in [-0.4, -0.2) is 61.4 Å². The summed E-state index contributed by atoms with van der Waals surface area (Å²) in [6, 6.07) is 13.1. The van der Waals surface area contributed by atoms with Gasteiger partial charge in [-0.15, -0.1) is 0 Å². The molecule has 1 saturated heterocycles. The van der Waals surface area contributed by atoms with Gasteiger partial charge in [0.1, 0.15) is 11.6 Å². The van der Waals surface area contributed by atoms with E-state index < -0.39 is 0 Å². The summed E-state index contributed by atoms with van der Waals surface area (Å²) in [7, 11) is 1.60. The number of piperazine rings is 1. The van der Waals surface area contributed by atoms with Crippen molar-refractivity contribution in [2.45, 2.75) is 6.54 Å². The third kappa shape index (κ3) is 5.07. The first-order chi connectivity index (χ1) is 13.6. The molecule has 1 fully saturated rings. The number of nitrogens with zero attached hydrogens (tertiary/aromatic N) is 2. The molecule has 1 heterocycles. The largest absolute Gasteiger partial charge is 0.496 e. The molecule has 3 rings (SSSR count). The third-order valence-corrected chi connectivity index (χ3v) is 4.79. The van der Waals surface area contributed by atoms with Crippen LogP contribution in [0.2, 0.25) is 0 Å². The Morgan fingerprint density at radius 2 is 1.71 bits per heavy atom. The van der Waals surface area contributed by atoms with Crippen LogP contribution in [0.3, 0.4) is 0 Å². The lowest BCUT2D eigenvalue weighted by atomic mass is 10.1. The highest BCUT2D eigenvalue weighted by Crippen LogP contribution is 2.16. The number of amides is 2. The Morgan fingerprint density at radius 1 is 1.04 bits per heavy atom. The monoisotopic (exact) mass is 385 g/mol. The molecular formula is C21H24FN3O3. The molecule has 1 N–H and O–H groups in total. The number of carbonyl (C=O) groups excluding carboxylic acids is 2. The Kier molecular flexibility index (Phi) is 6.60. The average molecular weight is 385 g/mol. The number of rotatable bonds is 6. The summed E-state index contributed by atoms with van der Waals surface area (Å²) in [5.74, 6) is 0.209. The van der Waals surface area contributed by atoms with Crippen molar-refractivity contribution in [1.29, 1.82) is 0 Å². The Balaban J connectivity index is 1.44. The van der Waals surface area contributed by atoms with Crippen LogP contribution in [-0.2, 0) is 11.3 Å². The summed E-state index contributed by atoms with van der Waals surface area (Å²) in [6.45, 7) is 3.01. The van der Waals surface area contributed by atoms with Crippen molar-refractivity contribution in [3.05, 3.63) is 65.5 Å². The summed E-state index contributed by atoms with van der Waals surface area (Å²) in [5.41, 5.74) is 1.40. The summed E-state index contributed by atoms with van der Waals surface area (Å²) in [5, 5.41) is 2.91. The first-order valence-corrected chi connectivity index (χ1v) is 9.22. The molecule has 2 amide bonds. The first-order valence-electron chi connectivity index (χ1n) is 9.22. The van der Waals surface area contributed by atoms with Crippen molar-refractivity contribution in [2.75, 3.05) is 39.8 Å². The number of methoxy groups -OCH3 is 1. The van der Waals surface area contributed by atoms with Gasteiger partial charge in [-0.2, -0.15) is 0 Å². The average Bonchev–Trinajstić information content (AvgIpc) is 2.73. The van der Waals surface area contributed by atoms with Gasteiger partial charge in [-0.05, 0) is 30.3 Å². The zero-order valence-corrected chi connectivity index (χ0v) is 15.9. The molecular weight excluding hydrogens is 361 g/mol. The normalized spacial score (nSPS) is 14.6. The second-order valence-electron chi connectivity index (χ2n) is 6.66. The van der Waals surface area contributed by atoms with Crippen LogP contribution in [0.15, 0.2) is 48.5 Å². The van der Waals surface area contributed by atoms with E-state index in [-0.39, 0.29) is 24.2 Å². The highest BCUT2D eigenvalue weighted by Gasteiger charge is 2.23. The van der Waals surface area contributed by atoms with Gasteiger partial charge in [0, 0.05) is 43.9 Å². The van der Waals surface area contributed by atoms with Crippen LogP contribution in [0.1, 0.15) is 15.9 Å².